The van der Waals surface area contributed by atoms with Crippen molar-refractivity contribution in [3.8, 4) is 0 Å². The van der Waals surface area contributed by atoms with Gasteiger partial charge in [-0.1, -0.05) is 41.5 Å². The van der Waals surface area contributed by atoms with Crippen molar-refractivity contribution in [1.82, 2.24) is 9.88 Å². The monoisotopic (exact) mass is 318 g/mol. The lowest BCUT2D eigenvalue weighted by atomic mass is 10.1. The SMILES string of the molecule is Cc1ccc(CCn2c3c(c4cc(C)ccc42)CNCCC3)cc1. The van der Waals surface area contributed by atoms with E-state index in [4.69, 9.17) is 0 Å². The largest absolute Gasteiger partial charge is 0.344 e. The van der Waals surface area contributed by atoms with Crippen LogP contribution in [0.25, 0.3) is 10.9 Å². The highest BCUT2D eigenvalue weighted by atomic mass is 15.0. The molecular formula is C22H26N2. The van der Waals surface area contributed by atoms with Crippen LogP contribution >= 0.6 is 0 Å². The molecule has 2 heteroatoms. The predicted molar refractivity (Wildman–Crippen MR) is 102 cm³/mol. The summed E-state index contributed by atoms with van der Waals surface area (Å²) in [6.45, 7) is 7.54. The van der Waals surface area contributed by atoms with Gasteiger partial charge in [-0.3, -0.25) is 0 Å². The Morgan fingerprint density at radius 1 is 1.00 bits per heavy atom. The maximum Gasteiger partial charge on any atom is 0.0486 e. The van der Waals surface area contributed by atoms with Gasteiger partial charge in [0.15, 0.2) is 0 Å². The van der Waals surface area contributed by atoms with E-state index in [1.54, 1.807) is 5.69 Å². The van der Waals surface area contributed by atoms with E-state index < -0.39 is 0 Å². The Morgan fingerprint density at radius 3 is 2.62 bits per heavy atom. The third kappa shape index (κ3) is 2.87. The molecule has 0 spiro atoms. The smallest absolute Gasteiger partial charge is 0.0486 e. The number of aryl methyl sites for hydroxylation is 4. The third-order valence-corrected chi connectivity index (χ3v) is 5.26. The Kier molecular flexibility index (Phi) is 4.15. The summed E-state index contributed by atoms with van der Waals surface area (Å²) >= 11 is 0. The van der Waals surface area contributed by atoms with E-state index in [2.05, 4.69) is 66.2 Å². The van der Waals surface area contributed by atoms with Crippen LogP contribution in [0.2, 0.25) is 0 Å². The number of rotatable bonds is 3. The Balaban J connectivity index is 1.73. The molecule has 124 valence electrons. The molecular weight excluding hydrogens is 292 g/mol. The normalized spacial score (nSPS) is 14.6. The number of hydrogen-bond acceptors (Lipinski definition) is 1. The molecule has 3 aromatic rings. The van der Waals surface area contributed by atoms with E-state index in [0.717, 1.165) is 26.1 Å². The highest BCUT2D eigenvalue weighted by Gasteiger charge is 2.18. The van der Waals surface area contributed by atoms with Crippen molar-refractivity contribution < 1.29 is 0 Å². The van der Waals surface area contributed by atoms with Crippen LogP contribution in [0.5, 0.6) is 0 Å². The van der Waals surface area contributed by atoms with Gasteiger partial charge in [0, 0.05) is 29.7 Å². The molecule has 1 aliphatic heterocycles. The summed E-state index contributed by atoms with van der Waals surface area (Å²) in [5.41, 5.74) is 8.59. The van der Waals surface area contributed by atoms with Crippen molar-refractivity contribution in [3.05, 3.63) is 70.4 Å². The highest BCUT2D eigenvalue weighted by molar-refractivity contribution is 5.86. The predicted octanol–water partition coefficient (Wildman–Crippen LogP) is 4.54. The number of benzene rings is 2. The molecule has 0 fully saturated rings. The lowest BCUT2D eigenvalue weighted by Gasteiger charge is -2.11. The van der Waals surface area contributed by atoms with Gasteiger partial charge in [-0.05, 0) is 62.9 Å². The summed E-state index contributed by atoms with van der Waals surface area (Å²) in [5.74, 6) is 0. The van der Waals surface area contributed by atoms with Gasteiger partial charge in [0.25, 0.3) is 0 Å². The Labute approximate surface area is 144 Å². The molecule has 0 aliphatic carbocycles. The second kappa shape index (κ2) is 6.45. The molecule has 0 amide bonds. The number of nitrogens with one attached hydrogen (secondary N) is 1. The summed E-state index contributed by atoms with van der Waals surface area (Å²) in [7, 11) is 0. The summed E-state index contributed by atoms with van der Waals surface area (Å²) in [6.07, 6.45) is 3.51. The van der Waals surface area contributed by atoms with Crippen LogP contribution in [0.3, 0.4) is 0 Å². The van der Waals surface area contributed by atoms with Crippen LogP contribution in [-0.4, -0.2) is 11.1 Å². The van der Waals surface area contributed by atoms with Gasteiger partial charge < -0.3 is 9.88 Å². The molecule has 1 aromatic heterocycles. The van der Waals surface area contributed by atoms with Gasteiger partial charge in [0.2, 0.25) is 0 Å². The summed E-state index contributed by atoms with van der Waals surface area (Å²) in [6, 6.07) is 15.9. The van der Waals surface area contributed by atoms with Gasteiger partial charge in [0.1, 0.15) is 0 Å². The quantitative estimate of drug-likeness (QED) is 0.750. The van der Waals surface area contributed by atoms with Crippen molar-refractivity contribution in [2.24, 2.45) is 0 Å². The summed E-state index contributed by atoms with van der Waals surface area (Å²) in [5, 5.41) is 5.04. The first-order valence-electron chi connectivity index (χ1n) is 9.09. The Morgan fingerprint density at radius 2 is 1.79 bits per heavy atom. The zero-order valence-corrected chi connectivity index (χ0v) is 14.7. The van der Waals surface area contributed by atoms with E-state index in [1.807, 2.05) is 0 Å². The summed E-state index contributed by atoms with van der Waals surface area (Å²) in [4.78, 5) is 0. The molecule has 1 aliphatic rings. The van der Waals surface area contributed by atoms with Crippen molar-refractivity contribution in [3.63, 3.8) is 0 Å². The van der Waals surface area contributed by atoms with Gasteiger partial charge in [-0.25, -0.2) is 0 Å². The first-order chi connectivity index (χ1) is 11.7. The van der Waals surface area contributed by atoms with Crippen molar-refractivity contribution in [2.45, 2.75) is 46.2 Å². The number of nitrogens with zero attached hydrogens (tertiary/aromatic N) is 1. The number of fused-ring (bicyclic) bond motifs is 3. The van der Waals surface area contributed by atoms with Gasteiger partial charge >= 0.3 is 0 Å². The fraction of sp³-hybridized carbons (Fsp3) is 0.364. The van der Waals surface area contributed by atoms with Crippen molar-refractivity contribution in [1.29, 1.82) is 0 Å². The molecule has 0 atom stereocenters. The van der Waals surface area contributed by atoms with Gasteiger partial charge in [-0.15, -0.1) is 0 Å². The zero-order valence-electron chi connectivity index (χ0n) is 14.7. The van der Waals surface area contributed by atoms with Gasteiger partial charge in [0.05, 0.1) is 0 Å². The van der Waals surface area contributed by atoms with Crippen LogP contribution in [0.4, 0.5) is 0 Å². The Hall–Kier alpha value is -2.06. The minimum Gasteiger partial charge on any atom is -0.344 e. The summed E-state index contributed by atoms with van der Waals surface area (Å²) < 4.78 is 2.58. The number of hydrogen-bond donors (Lipinski definition) is 1. The molecule has 0 saturated carbocycles. The average Bonchev–Trinajstić information content (AvgIpc) is 2.74. The average molecular weight is 318 g/mol. The molecule has 0 saturated heterocycles. The number of aromatic nitrogens is 1. The van der Waals surface area contributed by atoms with Crippen LogP contribution < -0.4 is 5.32 Å². The second-order valence-corrected chi connectivity index (χ2v) is 7.11. The van der Waals surface area contributed by atoms with Crippen molar-refractivity contribution in [2.75, 3.05) is 6.54 Å². The Bertz CT molecular complexity index is 856. The van der Waals surface area contributed by atoms with E-state index in [9.17, 15) is 0 Å². The van der Waals surface area contributed by atoms with E-state index in [0.29, 0.717) is 0 Å². The van der Waals surface area contributed by atoms with Crippen LogP contribution in [0, 0.1) is 13.8 Å². The van der Waals surface area contributed by atoms with Crippen molar-refractivity contribution >= 4 is 10.9 Å². The minimum absolute atomic E-state index is 1.01. The van der Waals surface area contributed by atoms with Crippen LogP contribution in [0.15, 0.2) is 42.5 Å². The van der Waals surface area contributed by atoms with E-state index in [-0.39, 0.29) is 0 Å². The maximum atomic E-state index is 3.60. The molecule has 2 heterocycles. The molecule has 0 radical (unpaired) electrons. The fourth-order valence-electron chi connectivity index (χ4n) is 3.92. The minimum atomic E-state index is 1.01. The molecule has 4 rings (SSSR count). The molecule has 0 bridgehead atoms. The lowest BCUT2D eigenvalue weighted by Crippen LogP contribution is -2.11. The zero-order chi connectivity index (χ0) is 16.5. The standard InChI is InChI=1S/C22H26N2/c1-16-5-8-18(9-6-16)11-13-24-21-4-3-12-23-15-20(21)19-14-17(2)7-10-22(19)24/h5-10,14,23H,3-4,11-13,15H2,1-2H3. The molecule has 24 heavy (non-hydrogen) atoms. The topological polar surface area (TPSA) is 17.0 Å². The molecule has 1 N–H and O–H groups in total. The lowest BCUT2D eigenvalue weighted by molar-refractivity contribution is 0.656. The first kappa shape index (κ1) is 15.5. The molecule has 2 aromatic carbocycles. The van der Waals surface area contributed by atoms with Crippen LogP contribution in [0.1, 0.15) is 34.4 Å². The van der Waals surface area contributed by atoms with Gasteiger partial charge in [-0.2, -0.15) is 0 Å². The second-order valence-electron chi connectivity index (χ2n) is 7.11. The first-order valence-corrected chi connectivity index (χ1v) is 9.09. The third-order valence-electron chi connectivity index (χ3n) is 5.26. The highest BCUT2D eigenvalue weighted by Crippen LogP contribution is 2.30. The molecule has 2 nitrogen and oxygen atoms in total. The van der Waals surface area contributed by atoms with E-state index >= 15 is 0 Å². The van der Waals surface area contributed by atoms with Crippen LogP contribution in [-0.2, 0) is 25.9 Å². The fourth-order valence-corrected chi connectivity index (χ4v) is 3.92. The maximum absolute atomic E-state index is 3.60. The molecule has 0 unspecified atom stereocenters. The van der Waals surface area contributed by atoms with E-state index in [1.165, 1.54) is 46.0 Å².